The van der Waals surface area contributed by atoms with Crippen molar-refractivity contribution in [2.75, 3.05) is 20.7 Å². The van der Waals surface area contributed by atoms with Crippen molar-refractivity contribution in [2.24, 2.45) is 29.6 Å². The zero-order valence-corrected chi connectivity index (χ0v) is 21.3. The number of amides is 4. The molecule has 4 rings (SSSR count). The zero-order valence-electron chi connectivity index (χ0n) is 21.3. The second-order valence-corrected chi connectivity index (χ2v) is 11.4. The second-order valence-electron chi connectivity index (χ2n) is 11.4. The molecule has 3 N–H and O–H groups in total. The smallest absolute Gasteiger partial charge is 0.321 e. The molecule has 0 bridgehead atoms. The Morgan fingerprint density at radius 3 is 2.59 bits per heavy atom. The Kier molecular flexibility index (Phi) is 8.18. The molecule has 192 valence electrons. The standard InChI is InChI=1S/C26H44N4O4/c1-15-9-10-18(28-26(33)29-24(31)19-7-5-6-8-23(19)34-4)13-20(15)21-12-17-14-27-16(2)11-22(17)30(3)25(21)32/h15-23,27H,5-14H2,1-4H3,(H2,28,29,31,33). The number of rotatable bonds is 4. The summed E-state index contributed by atoms with van der Waals surface area (Å²) in [6.45, 7) is 5.41. The van der Waals surface area contributed by atoms with E-state index in [4.69, 9.17) is 4.74 Å². The minimum absolute atomic E-state index is 0.00968. The van der Waals surface area contributed by atoms with Gasteiger partial charge in [-0.1, -0.05) is 19.8 Å². The number of nitrogens with zero attached hydrogens (tertiary/aromatic N) is 1. The lowest BCUT2D eigenvalue weighted by atomic mass is 9.65. The summed E-state index contributed by atoms with van der Waals surface area (Å²) < 4.78 is 5.48. The van der Waals surface area contributed by atoms with Gasteiger partial charge in [0.1, 0.15) is 0 Å². The number of hydrogen-bond donors (Lipinski definition) is 3. The first-order chi connectivity index (χ1) is 16.3. The third kappa shape index (κ3) is 5.43. The van der Waals surface area contributed by atoms with Crippen molar-refractivity contribution in [3.63, 3.8) is 0 Å². The minimum atomic E-state index is -0.415. The van der Waals surface area contributed by atoms with E-state index in [1.165, 1.54) is 0 Å². The number of carbonyl (C=O) groups is 3. The molecule has 2 aliphatic heterocycles. The molecule has 0 aromatic heterocycles. The van der Waals surface area contributed by atoms with Gasteiger partial charge in [0.05, 0.1) is 12.0 Å². The lowest BCUT2D eigenvalue weighted by molar-refractivity contribution is -0.148. The Morgan fingerprint density at radius 1 is 1.06 bits per heavy atom. The maximum atomic E-state index is 13.4. The quantitative estimate of drug-likeness (QED) is 0.579. The molecule has 4 fully saturated rings. The van der Waals surface area contributed by atoms with Crippen LogP contribution in [0.5, 0.6) is 0 Å². The van der Waals surface area contributed by atoms with Crippen LogP contribution in [0.3, 0.4) is 0 Å². The van der Waals surface area contributed by atoms with Crippen LogP contribution in [0.4, 0.5) is 4.79 Å². The van der Waals surface area contributed by atoms with Gasteiger partial charge in [0.25, 0.3) is 0 Å². The normalized spacial score (nSPS) is 40.9. The molecule has 0 aromatic rings. The van der Waals surface area contributed by atoms with Crippen molar-refractivity contribution >= 4 is 17.8 Å². The maximum absolute atomic E-state index is 13.4. The van der Waals surface area contributed by atoms with Gasteiger partial charge in [0, 0.05) is 44.7 Å². The van der Waals surface area contributed by atoms with Crippen LogP contribution < -0.4 is 16.0 Å². The first kappa shape index (κ1) is 25.4. The average Bonchev–Trinajstić information content (AvgIpc) is 2.83. The maximum Gasteiger partial charge on any atom is 0.321 e. The number of imide groups is 1. The lowest BCUT2D eigenvalue weighted by Gasteiger charge is -2.50. The molecule has 4 amide bonds. The van der Waals surface area contributed by atoms with E-state index < -0.39 is 6.03 Å². The van der Waals surface area contributed by atoms with Crippen LogP contribution in [0, 0.1) is 29.6 Å². The summed E-state index contributed by atoms with van der Waals surface area (Å²) in [6, 6.07) is 0.352. The van der Waals surface area contributed by atoms with E-state index in [1.54, 1.807) is 7.11 Å². The van der Waals surface area contributed by atoms with Gasteiger partial charge in [-0.05, 0) is 69.6 Å². The van der Waals surface area contributed by atoms with Gasteiger partial charge in [-0.15, -0.1) is 0 Å². The summed E-state index contributed by atoms with van der Waals surface area (Å²) >= 11 is 0. The highest BCUT2D eigenvalue weighted by molar-refractivity contribution is 5.95. The fourth-order valence-corrected chi connectivity index (χ4v) is 7.21. The third-order valence-corrected chi connectivity index (χ3v) is 9.28. The van der Waals surface area contributed by atoms with Gasteiger partial charge in [-0.3, -0.25) is 14.9 Å². The van der Waals surface area contributed by atoms with Crippen LogP contribution in [-0.2, 0) is 14.3 Å². The van der Waals surface area contributed by atoms with Crippen molar-refractivity contribution in [3.05, 3.63) is 0 Å². The largest absolute Gasteiger partial charge is 0.381 e. The van der Waals surface area contributed by atoms with Gasteiger partial charge < -0.3 is 20.3 Å². The number of carbonyl (C=O) groups excluding carboxylic acids is 3. The molecule has 2 saturated heterocycles. The molecular formula is C26H44N4O4. The minimum Gasteiger partial charge on any atom is -0.381 e. The molecule has 8 heteroatoms. The van der Waals surface area contributed by atoms with E-state index in [2.05, 4.69) is 29.8 Å². The number of hydrogen-bond acceptors (Lipinski definition) is 5. The van der Waals surface area contributed by atoms with Crippen molar-refractivity contribution < 1.29 is 19.1 Å². The summed E-state index contributed by atoms with van der Waals surface area (Å²) in [5.41, 5.74) is 0. The molecule has 34 heavy (non-hydrogen) atoms. The van der Waals surface area contributed by atoms with Crippen LogP contribution in [-0.4, -0.2) is 67.7 Å². The highest BCUT2D eigenvalue weighted by Crippen LogP contribution is 2.43. The summed E-state index contributed by atoms with van der Waals surface area (Å²) in [7, 11) is 3.61. The number of ether oxygens (including phenoxy) is 1. The van der Waals surface area contributed by atoms with Crippen molar-refractivity contribution in [1.29, 1.82) is 0 Å². The van der Waals surface area contributed by atoms with E-state index in [9.17, 15) is 14.4 Å². The summed E-state index contributed by atoms with van der Waals surface area (Å²) in [6.07, 6.45) is 8.15. The lowest BCUT2D eigenvalue weighted by Crippen LogP contribution is -2.60. The number of piperidine rings is 2. The molecule has 2 aliphatic carbocycles. The van der Waals surface area contributed by atoms with Gasteiger partial charge in [-0.25, -0.2) is 4.79 Å². The van der Waals surface area contributed by atoms with E-state index in [0.29, 0.717) is 23.9 Å². The SMILES string of the molecule is COC1CCCCC1C(=O)NC(=O)NC1CCC(C)C(C2CC3CNC(C)CC3N(C)C2=O)C1. The first-order valence-electron chi connectivity index (χ1n) is 13.4. The Hall–Kier alpha value is -1.67. The Morgan fingerprint density at radius 2 is 1.82 bits per heavy atom. The summed E-state index contributed by atoms with van der Waals surface area (Å²) in [4.78, 5) is 40.8. The monoisotopic (exact) mass is 476 g/mol. The summed E-state index contributed by atoms with van der Waals surface area (Å²) in [5, 5.41) is 9.22. The third-order valence-electron chi connectivity index (χ3n) is 9.28. The topological polar surface area (TPSA) is 99.8 Å². The predicted octanol–water partition coefficient (Wildman–Crippen LogP) is 2.67. The highest BCUT2D eigenvalue weighted by Gasteiger charge is 2.47. The Bertz CT molecular complexity index is 761. The van der Waals surface area contributed by atoms with Gasteiger partial charge in [-0.2, -0.15) is 0 Å². The molecule has 8 nitrogen and oxygen atoms in total. The van der Waals surface area contributed by atoms with Gasteiger partial charge in [0.15, 0.2) is 0 Å². The number of likely N-dealkylation sites (tertiary alicyclic amines) is 1. The predicted molar refractivity (Wildman–Crippen MR) is 130 cm³/mol. The molecule has 0 spiro atoms. The van der Waals surface area contributed by atoms with Crippen LogP contribution in [0.15, 0.2) is 0 Å². The molecule has 9 atom stereocenters. The molecule has 2 saturated carbocycles. The van der Waals surface area contributed by atoms with Gasteiger partial charge >= 0.3 is 6.03 Å². The number of fused-ring (bicyclic) bond motifs is 1. The van der Waals surface area contributed by atoms with Crippen LogP contribution in [0.25, 0.3) is 0 Å². The molecular weight excluding hydrogens is 432 g/mol. The van der Waals surface area contributed by atoms with Crippen molar-refractivity contribution in [1.82, 2.24) is 20.9 Å². The molecule has 9 unspecified atom stereocenters. The van der Waals surface area contributed by atoms with Crippen LogP contribution in [0.1, 0.15) is 71.6 Å². The van der Waals surface area contributed by atoms with Gasteiger partial charge in [0.2, 0.25) is 11.8 Å². The fourth-order valence-electron chi connectivity index (χ4n) is 7.21. The van der Waals surface area contributed by atoms with Crippen LogP contribution in [0.2, 0.25) is 0 Å². The van der Waals surface area contributed by atoms with E-state index in [1.807, 2.05) is 11.9 Å². The second kappa shape index (κ2) is 10.9. The fraction of sp³-hybridized carbons (Fsp3) is 0.885. The van der Waals surface area contributed by atoms with Crippen LogP contribution >= 0.6 is 0 Å². The molecule has 0 radical (unpaired) electrons. The number of urea groups is 1. The van der Waals surface area contributed by atoms with E-state index in [-0.39, 0.29) is 41.7 Å². The van der Waals surface area contributed by atoms with Crippen molar-refractivity contribution in [2.45, 2.75) is 95.9 Å². The van der Waals surface area contributed by atoms with E-state index >= 15 is 0 Å². The van der Waals surface area contributed by atoms with Crippen molar-refractivity contribution in [3.8, 4) is 0 Å². The van der Waals surface area contributed by atoms with E-state index in [0.717, 1.165) is 64.3 Å². The first-order valence-corrected chi connectivity index (χ1v) is 13.4. The summed E-state index contributed by atoms with van der Waals surface area (Å²) in [5.74, 6) is 0.973. The average molecular weight is 477 g/mol. The molecule has 4 aliphatic rings. The Labute approximate surface area is 204 Å². The number of methoxy groups -OCH3 is 1. The Balaban J connectivity index is 1.34. The number of nitrogens with one attached hydrogen (secondary N) is 3. The highest BCUT2D eigenvalue weighted by atomic mass is 16.5. The zero-order chi connectivity index (χ0) is 24.4. The molecule has 2 heterocycles. The molecule has 0 aromatic carbocycles.